The molecule has 0 aliphatic heterocycles. The maximum absolute atomic E-state index is 11.7. The Morgan fingerprint density at radius 3 is 2.18 bits per heavy atom. The van der Waals surface area contributed by atoms with Crippen molar-refractivity contribution < 1.29 is 13.2 Å². The molecular weight excluding hydrogens is 155 g/mol. The van der Waals surface area contributed by atoms with Crippen molar-refractivity contribution in [3.05, 3.63) is 0 Å². The van der Waals surface area contributed by atoms with Gasteiger partial charge in [-0.05, 0) is 26.2 Å². The van der Waals surface area contributed by atoms with Crippen molar-refractivity contribution in [3.63, 3.8) is 0 Å². The van der Waals surface area contributed by atoms with Crippen LogP contribution in [-0.4, -0.2) is 18.3 Å². The number of alkyl halides is 3. The predicted octanol–water partition coefficient (Wildman–Crippen LogP) is 2.08. The van der Waals surface area contributed by atoms with Crippen molar-refractivity contribution in [1.82, 2.24) is 5.32 Å². The summed E-state index contributed by atoms with van der Waals surface area (Å²) in [6.45, 7) is 0.978. The first-order chi connectivity index (χ1) is 4.91. The first kappa shape index (κ1) is 8.84. The van der Waals surface area contributed by atoms with E-state index < -0.39 is 12.7 Å². The number of nitrogens with one attached hydrogen (secondary N) is 1. The minimum atomic E-state index is -4.07. The molecule has 0 aromatic heterocycles. The second-order valence-electron chi connectivity index (χ2n) is 3.38. The maximum Gasteiger partial charge on any atom is 0.401 e. The molecule has 0 aromatic rings. The van der Waals surface area contributed by atoms with Crippen LogP contribution in [0.4, 0.5) is 13.2 Å². The average Bonchev–Trinajstić information content (AvgIpc) is 1.77. The molecule has 1 rings (SSSR count). The molecule has 0 spiro atoms. The standard InChI is InChI=1S/C7H12F3N/c1-6(3-2-4-6)11-5-7(8,9)10/h11H,2-5H2,1H3. The lowest BCUT2D eigenvalue weighted by molar-refractivity contribution is -0.130. The highest BCUT2D eigenvalue weighted by molar-refractivity contribution is 4.91. The van der Waals surface area contributed by atoms with Gasteiger partial charge in [-0.1, -0.05) is 0 Å². The normalized spacial score (nSPS) is 22.9. The van der Waals surface area contributed by atoms with Crippen LogP contribution in [0, 0.1) is 0 Å². The zero-order chi connectivity index (χ0) is 8.54. The van der Waals surface area contributed by atoms with E-state index in [9.17, 15) is 13.2 Å². The number of rotatable bonds is 2. The van der Waals surface area contributed by atoms with Crippen molar-refractivity contribution in [2.75, 3.05) is 6.54 Å². The second-order valence-corrected chi connectivity index (χ2v) is 3.38. The Morgan fingerprint density at radius 2 is 1.91 bits per heavy atom. The molecule has 0 radical (unpaired) electrons. The van der Waals surface area contributed by atoms with Crippen molar-refractivity contribution in [1.29, 1.82) is 0 Å². The molecule has 11 heavy (non-hydrogen) atoms. The van der Waals surface area contributed by atoms with E-state index in [4.69, 9.17) is 0 Å². The Hall–Kier alpha value is -0.250. The summed E-state index contributed by atoms with van der Waals surface area (Å²) in [4.78, 5) is 0. The summed E-state index contributed by atoms with van der Waals surface area (Å²) in [6, 6.07) is 0. The Bertz CT molecular complexity index is 137. The van der Waals surface area contributed by atoms with Gasteiger partial charge < -0.3 is 5.32 Å². The smallest absolute Gasteiger partial charge is 0.303 e. The van der Waals surface area contributed by atoms with E-state index >= 15 is 0 Å². The van der Waals surface area contributed by atoms with Crippen LogP contribution >= 0.6 is 0 Å². The molecule has 0 unspecified atom stereocenters. The van der Waals surface area contributed by atoms with Gasteiger partial charge >= 0.3 is 6.18 Å². The van der Waals surface area contributed by atoms with E-state index in [1.807, 2.05) is 6.92 Å². The highest BCUT2D eigenvalue weighted by atomic mass is 19.4. The van der Waals surface area contributed by atoms with E-state index in [2.05, 4.69) is 5.32 Å². The molecule has 1 fully saturated rings. The Labute approximate surface area is 64.0 Å². The molecular formula is C7H12F3N. The first-order valence-corrected chi connectivity index (χ1v) is 3.73. The van der Waals surface area contributed by atoms with Crippen LogP contribution in [0.15, 0.2) is 0 Å². The fourth-order valence-electron chi connectivity index (χ4n) is 1.20. The summed E-state index contributed by atoms with van der Waals surface area (Å²) >= 11 is 0. The van der Waals surface area contributed by atoms with Gasteiger partial charge in [-0.25, -0.2) is 0 Å². The molecule has 1 N–H and O–H groups in total. The first-order valence-electron chi connectivity index (χ1n) is 3.73. The lowest BCUT2D eigenvalue weighted by atomic mass is 9.78. The molecule has 0 aromatic carbocycles. The summed E-state index contributed by atoms with van der Waals surface area (Å²) in [7, 11) is 0. The highest BCUT2D eigenvalue weighted by Crippen LogP contribution is 2.31. The predicted molar refractivity (Wildman–Crippen MR) is 36.3 cm³/mol. The summed E-state index contributed by atoms with van der Waals surface area (Å²) in [6.07, 6.45) is -1.30. The lowest BCUT2D eigenvalue weighted by Crippen LogP contribution is -2.51. The van der Waals surface area contributed by atoms with Gasteiger partial charge in [0.1, 0.15) is 0 Å². The fourth-order valence-corrected chi connectivity index (χ4v) is 1.20. The van der Waals surface area contributed by atoms with E-state index in [1.54, 1.807) is 0 Å². The molecule has 0 amide bonds. The highest BCUT2D eigenvalue weighted by Gasteiger charge is 2.36. The molecule has 0 bridgehead atoms. The van der Waals surface area contributed by atoms with E-state index in [1.165, 1.54) is 0 Å². The minimum absolute atomic E-state index is 0.241. The van der Waals surface area contributed by atoms with Gasteiger partial charge in [-0.15, -0.1) is 0 Å². The van der Waals surface area contributed by atoms with Gasteiger partial charge in [0, 0.05) is 5.54 Å². The molecule has 0 heterocycles. The zero-order valence-corrected chi connectivity index (χ0v) is 6.46. The van der Waals surface area contributed by atoms with Crippen LogP contribution in [0.3, 0.4) is 0 Å². The maximum atomic E-state index is 11.7. The largest absolute Gasteiger partial charge is 0.401 e. The van der Waals surface area contributed by atoms with Crippen LogP contribution in [-0.2, 0) is 0 Å². The molecule has 0 saturated heterocycles. The molecule has 4 heteroatoms. The third kappa shape index (κ3) is 2.69. The van der Waals surface area contributed by atoms with Crippen LogP contribution in [0.1, 0.15) is 26.2 Å². The third-order valence-electron chi connectivity index (χ3n) is 2.17. The second kappa shape index (κ2) is 2.66. The molecule has 1 aliphatic rings. The molecule has 1 nitrogen and oxygen atoms in total. The molecule has 1 aliphatic carbocycles. The van der Waals surface area contributed by atoms with Crippen LogP contribution in [0.25, 0.3) is 0 Å². The van der Waals surface area contributed by atoms with E-state index in [-0.39, 0.29) is 5.54 Å². The third-order valence-corrected chi connectivity index (χ3v) is 2.17. The van der Waals surface area contributed by atoms with Gasteiger partial charge in [0.15, 0.2) is 0 Å². The van der Waals surface area contributed by atoms with Crippen molar-refractivity contribution in [2.24, 2.45) is 0 Å². The minimum Gasteiger partial charge on any atom is -0.303 e. The van der Waals surface area contributed by atoms with Crippen LogP contribution in [0.5, 0.6) is 0 Å². The van der Waals surface area contributed by atoms with E-state index in [0.29, 0.717) is 0 Å². The quantitative estimate of drug-likeness (QED) is 0.664. The van der Waals surface area contributed by atoms with Crippen LogP contribution in [0.2, 0.25) is 0 Å². The van der Waals surface area contributed by atoms with Gasteiger partial charge in [0.2, 0.25) is 0 Å². The van der Waals surface area contributed by atoms with Gasteiger partial charge in [0.25, 0.3) is 0 Å². The van der Waals surface area contributed by atoms with E-state index in [0.717, 1.165) is 19.3 Å². The molecule has 0 atom stereocenters. The topological polar surface area (TPSA) is 12.0 Å². The monoisotopic (exact) mass is 167 g/mol. The number of hydrogen-bond donors (Lipinski definition) is 1. The summed E-state index contributed by atoms with van der Waals surface area (Å²) in [5.41, 5.74) is -0.241. The fraction of sp³-hybridized carbons (Fsp3) is 1.00. The number of hydrogen-bond acceptors (Lipinski definition) is 1. The molecule has 66 valence electrons. The van der Waals surface area contributed by atoms with Crippen molar-refractivity contribution in [3.8, 4) is 0 Å². The van der Waals surface area contributed by atoms with Crippen molar-refractivity contribution >= 4 is 0 Å². The van der Waals surface area contributed by atoms with Crippen molar-refractivity contribution in [2.45, 2.75) is 37.9 Å². The Balaban J connectivity index is 2.21. The SMILES string of the molecule is CC1(NCC(F)(F)F)CCC1. The lowest BCUT2D eigenvalue weighted by Gasteiger charge is -2.39. The molecule has 1 saturated carbocycles. The number of halogens is 3. The average molecular weight is 167 g/mol. The van der Waals surface area contributed by atoms with Gasteiger partial charge in [-0.3, -0.25) is 0 Å². The van der Waals surface area contributed by atoms with Gasteiger partial charge in [0.05, 0.1) is 6.54 Å². The summed E-state index contributed by atoms with van der Waals surface area (Å²) < 4.78 is 35.1. The van der Waals surface area contributed by atoms with Crippen LogP contribution < -0.4 is 5.32 Å². The summed E-state index contributed by atoms with van der Waals surface area (Å²) in [5.74, 6) is 0. The van der Waals surface area contributed by atoms with Gasteiger partial charge in [-0.2, -0.15) is 13.2 Å². The summed E-state index contributed by atoms with van der Waals surface area (Å²) in [5, 5.41) is 2.51. The zero-order valence-electron chi connectivity index (χ0n) is 6.46. The Morgan fingerprint density at radius 1 is 1.36 bits per heavy atom. The Kier molecular flexibility index (Phi) is 2.14.